The van der Waals surface area contributed by atoms with Crippen LogP contribution in [0.15, 0.2) is 11.6 Å². The molecule has 8 atom stereocenters. The summed E-state index contributed by atoms with van der Waals surface area (Å²) in [4.78, 5) is 41.5. The van der Waals surface area contributed by atoms with E-state index in [2.05, 4.69) is 46.0 Å². The van der Waals surface area contributed by atoms with Crippen LogP contribution in [0.2, 0.25) is 0 Å². The molecule has 5 heteroatoms. The molecule has 3 unspecified atom stereocenters. The van der Waals surface area contributed by atoms with Gasteiger partial charge in [0.1, 0.15) is 5.92 Å². The number of rotatable bonds is 2. The van der Waals surface area contributed by atoms with Gasteiger partial charge in [-0.1, -0.05) is 54.0 Å². The topological polar surface area (TPSA) is 87.0 Å². The van der Waals surface area contributed by atoms with Crippen LogP contribution in [0.3, 0.4) is 0 Å². The van der Waals surface area contributed by atoms with Crippen molar-refractivity contribution in [2.75, 3.05) is 6.54 Å². The van der Waals surface area contributed by atoms with Crippen molar-refractivity contribution in [1.29, 1.82) is 5.26 Å². The third kappa shape index (κ3) is 3.30. The van der Waals surface area contributed by atoms with Crippen molar-refractivity contribution in [2.24, 2.45) is 56.2 Å². The molecule has 4 saturated carbocycles. The van der Waals surface area contributed by atoms with Gasteiger partial charge in [-0.25, -0.2) is 0 Å². The molecule has 5 nitrogen and oxygen atoms in total. The van der Waals surface area contributed by atoms with Gasteiger partial charge in [0.15, 0.2) is 11.6 Å². The Bertz CT molecular complexity index is 1160. The molecule has 5 aliphatic rings. The number of allylic oxidation sites excluding steroid dienone is 2. The van der Waals surface area contributed by atoms with Crippen molar-refractivity contribution in [3.05, 3.63) is 11.6 Å². The molecular formula is C33H48N2O3. The van der Waals surface area contributed by atoms with Gasteiger partial charge in [-0.05, 0) is 97.9 Å². The van der Waals surface area contributed by atoms with Gasteiger partial charge in [-0.2, -0.15) is 5.26 Å². The number of Topliss-reactive ketones (excluding diaryl/α,β-unsaturated/α-hetero) is 1. The van der Waals surface area contributed by atoms with Gasteiger partial charge >= 0.3 is 0 Å². The Hall–Kier alpha value is -1.96. The highest BCUT2D eigenvalue weighted by Gasteiger charge is 2.71. The molecule has 0 saturated heterocycles. The molecule has 0 heterocycles. The standard InChI is InChI=1S/C33H48N2O3/c1-9-35-27(38)33-14-12-28(2,3)18-21(33)25-22(36)16-24-30(6)17-20(19-34)26(37)29(4,5)23(30)10-11-31(24,7)32(25,8)13-15-33/h16,20-21,23,25H,9-15,17-18H2,1-8H3,(H,35,38)/t20?,21?,23-,25?,30-,31+,32+,33-/m0/s1. The van der Waals surface area contributed by atoms with Gasteiger partial charge in [0, 0.05) is 17.9 Å². The summed E-state index contributed by atoms with van der Waals surface area (Å²) in [5.74, 6) is -0.280. The minimum atomic E-state index is -0.633. The molecule has 1 N–H and O–H groups in total. The van der Waals surface area contributed by atoms with Crippen molar-refractivity contribution in [3.8, 4) is 6.07 Å². The molecule has 0 aliphatic heterocycles. The van der Waals surface area contributed by atoms with Crippen molar-refractivity contribution in [2.45, 2.75) is 107 Å². The summed E-state index contributed by atoms with van der Waals surface area (Å²) in [6.45, 7) is 18.2. The molecular weight excluding hydrogens is 472 g/mol. The van der Waals surface area contributed by atoms with E-state index in [0.29, 0.717) is 13.0 Å². The monoisotopic (exact) mass is 520 g/mol. The fourth-order valence-corrected chi connectivity index (χ4v) is 10.8. The molecule has 0 spiro atoms. The number of hydrogen-bond donors (Lipinski definition) is 1. The van der Waals surface area contributed by atoms with E-state index in [1.165, 1.54) is 5.57 Å². The SMILES string of the molecule is CCNC(=O)[C@]12CCC(C)(C)CC1C1C(=O)C=C3[C@@]4(C)CC(C#N)C(=O)C(C)(C)[C@@H]4CC[C@@]3(C)[C@]1(C)CC2. The zero-order valence-corrected chi connectivity index (χ0v) is 24.9. The smallest absolute Gasteiger partial charge is 0.226 e. The normalized spacial score (nSPS) is 46.9. The Morgan fingerprint density at radius 2 is 1.66 bits per heavy atom. The Morgan fingerprint density at radius 3 is 2.29 bits per heavy atom. The summed E-state index contributed by atoms with van der Waals surface area (Å²) in [7, 11) is 0. The molecule has 0 bridgehead atoms. The average molecular weight is 521 g/mol. The number of amides is 1. The lowest BCUT2D eigenvalue weighted by Gasteiger charge is -2.69. The minimum Gasteiger partial charge on any atom is -0.356 e. The number of fused-ring (bicyclic) bond motifs is 7. The van der Waals surface area contributed by atoms with Crippen LogP contribution in [-0.2, 0) is 14.4 Å². The third-order valence-electron chi connectivity index (χ3n) is 13.1. The molecule has 208 valence electrons. The summed E-state index contributed by atoms with van der Waals surface area (Å²) in [6, 6.07) is 2.32. The second-order valence-corrected chi connectivity index (χ2v) is 15.7. The highest BCUT2D eigenvalue weighted by molar-refractivity contribution is 5.97. The number of nitrogens with one attached hydrogen (secondary N) is 1. The second kappa shape index (κ2) is 8.28. The van der Waals surface area contributed by atoms with Crippen LogP contribution in [0.5, 0.6) is 0 Å². The van der Waals surface area contributed by atoms with Crippen molar-refractivity contribution in [3.63, 3.8) is 0 Å². The number of nitriles is 1. The number of carbonyl (C=O) groups is 3. The van der Waals surface area contributed by atoms with Gasteiger partial charge in [0.2, 0.25) is 5.91 Å². The lowest BCUT2D eigenvalue weighted by Crippen LogP contribution is -2.67. The number of carbonyl (C=O) groups excluding carboxylic acids is 3. The van der Waals surface area contributed by atoms with E-state index >= 15 is 0 Å². The van der Waals surface area contributed by atoms with Crippen LogP contribution >= 0.6 is 0 Å². The molecule has 0 radical (unpaired) electrons. The van der Waals surface area contributed by atoms with E-state index in [0.717, 1.165) is 44.9 Å². The fraction of sp³-hybridized carbons (Fsp3) is 0.818. The highest BCUT2D eigenvalue weighted by Crippen LogP contribution is 2.75. The highest BCUT2D eigenvalue weighted by atomic mass is 16.2. The predicted molar refractivity (Wildman–Crippen MR) is 148 cm³/mol. The first-order chi connectivity index (χ1) is 17.5. The quantitative estimate of drug-likeness (QED) is 0.455. The first-order valence-corrected chi connectivity index (χ1v) is 15.0. The van der Waals surface area contributed by atoms with Crippen LogP contribution in [0.4, 0.5) is 0 Å². The Morgan fingerprint density at radius 1 is 1.00 bits per heavy atom. The molecule has 4 fully saturated rings. The molecule has 38 heavy (non-hydrogen) atoms. The second-order valence-electron chi connectivity index (χ2n) is 15.7. The van der Waals surface area contributed by atoms with Crippen molar-refractivity contribution < 1.29 is 14.4 Å². The van der Waals surface area contributed by atoms with Crippen LogP contribution in [0, 0.1) is 67.5 Å². The van der Waals surface area contributed by atoms with Gasteiger partial charge < -0.3 is 5.32 Å². The van der Waals surface area contributed by atoms with Crippen LogP contribution in [-0.4, -0.2) is 24.0 Å². The lowest BCUT2D eigenvalue weighted by atomic mass is 9.33. The minimum absolute atomic E-state index is 0.0282. The molecule has 0 aromatic heterocycles. The number of nitrogens with zero attached hydrogens (tertiary/aromatic N) is 1. The molecule has 1 amide bonds. The first-order valence-electron chi connectivity index (χ1n) is 15.0. The van der Waals surface area contributed by atoms with Crippen molar-refractivity contribution in [1.82, 2.24) is 5.32 Å². The van der Waals surface area contributed by atoms with E-state index in [4.69, 9.17) is 0 Å². The predicted octanol–water partition coefficient (Wildman–Crippen LogP) is 6.42. The van der Waals surface area contributed by atoms with E-state index in [1.54, 1.807) is 0 Å². The molecule has 5 rings (SSSR count). The molecule has 5 aliphatic carbocycles. The summed E-state index contributed by atoms with van der Waals surface area (Å²) in [5, 5.41) is 13.1. The van der Waals surface area contributed by atoms with Gasteiger partial charge in [0.25, 0.3) is 0 Å². The van der Waals surface area contributed by atoms with Gasteiger partial charge in [-0.3, -0.25) is 14.4 Å². The first kappa shape index (κ1) is 27.6. The number of ketones is 2. The van der Waals surface area contributed by atoms with Crippen LogP contribution in [0.25, 0.3) is 0 Å². The van der Waals surface area contributed by atoms with E-state index in [-0.39, 0.29) is 56.9 Å². The van der Waals surface area contributed by atoms with Crippen LogP contribution < -0.4 is 5.32 Å². The van der Waals surface area contributed by atoms with E-state index in [1.807, 2.05) is 26.8 Å². The third-order valence-corrected chi connectivity index (χ3v) is 13.1. The molecule has 0 aromatic rings. The zero-order chi connectivity index (χ0) is 28.1. The largest absolute Gasteiger partial charge is 0.356 e. The molecule has 0 aromatic carbocycles. The summed E-state index contributed by atoms with van der Waals surface area (Å²) in [6.07, 6.45) is 8.78. The van der Waals surface area contributed by atoms with E-state index < -0.39 is 16.7 Å². The van der Waals surface area contributed by atoms with Crippen molar-refractivity contribution >= 4 is 17.5 Å². The lowest BCUT2D eigenvalue weighted by molar-refractivity contribution is -0.182. The van der Waals surface area contributed by atoms with Gasteiger partial charge in [-0.15, -0.1) is 0 Å². The maximum absolute atomic E-state index is 14.5. The summed E-state index contributed by atoms with van der Waals surface area (Å²) in [5.41, 5.74) is -0.614. The average Bonchev–Trinajstić information content (AvgIpc) is 2.82. The maximum Gasteiger partial charge on any atom is 0.226 e. The Labute approximate surface area is 229 Å². The summed E-state index contributed by atoms with van der Waals surface area (Å²) >= 11 is 0. The Kier molecular flexibility index (Phi) is 6.01. The maximum atomic E-state index is 14.5. The number of hydrogen-bond acceptors (Lipinski definition) is 4. The van der Waals surface area contributed by atoms with Crippen LogP contribution in [0.1, 0.15) is 107 Å². The summed E-state index contributed by atoms with van der Waals surface area (Å²) < 4.78 is 0. The fourth-order valence-electron chi connectivity index (χ4n) is 10.8. The Balaban J connectivity index is 1.66. The van der Waals surface area contributed by atoms with Gasteiger partial charge in [0.05, 0.1) is 11.5 Å². The zero-order valence-electron chi connectivity index (χ0n) is 24.9. The van der Waals surface area contributed by atoms with E-state index in [9.17, 15) is 19.6 Å².